The number of esters is 1. The number of thiazole rings is 1. The topological polar surface area (TPSA) is 78.0 Å². The fraction of sp³-hybridized carbons (Fsp3) is 0.227. The van der Waals surface area contributed by atoms with Crippen LogP contribution in [0.1, 0.15) is 19.5 Å². The lowest BCUT2D eigenvalue weighted by atomic mass is 10.2. The molecule has 160 valence electrons. The fourth-order valence-electron chi connectivity index (χ4n) is 3.11. The molecule has 2 aromatic carbocycles. The minimum Gasteiger partial charge on any atom is -0.482 e. The molecule has 0 bridgehead atoms. The van der Waals surface area contributed by atoms with E-state index in [9.17, 15) is 14.0 Å². The molecule has 0 unspecified atom stereocenters. The number of halogens is 1. The normalized spacial score (nSPS) is 17.1. The van der Waals surface area contributed by atoms with Gasteiger partial charge in [-0.15, -0.1) is 11.3 Å². The van der Waals surface area contributed by atoms with Crippen molar-refractivity contribution >= 4 is 34.0 Å². The summed E-state index contributed by atoms with van der Waals surface area (Å²) < 4.78 is 31.0. The zero-order valence-electron chi connectivity index (χ0n) is 16.8. The molecule has 4 rings (SSSR count). The summed E-state index contributed by atoms with van der Waals surface area (Å²) in [4.78, 5) is 30.2. The zero-order chi connectivity index (χ0) is 22.0. The van der Waals surface area contributed by atoms with E-state index in [-0.39, 0.29) is 23.3 Å². The molecule has 2 heterocycles. The van der Waals surface area contributed by atoms with E-state index < -0.39 is 24.0 Å². The van der Waals surface area contributed by atoms with Crippen molar-refractivity contribution in [2.75, 3.05) is 4.90 Å². The van der Waals surface area contributed by atoms with E-state index in [0.29, 0.717) is 17.2 Å². The van der Waals surface area contributed by atoms with E-state index in [4.69, 9.17) is 14.2 Å². The maximum atomic E-state index is 14.2. The maximum Gasteiger partial charge on any atom is 0.351 e. The molecule has 0 saturated carbocycles. The summed E-state index contributed by atoms with van der Waals surface area (Å²) in [6.45, 7) is 2.93. The number of anilines is 2. The van der Waals surface area contributed by atoms with Crippen molar-refractivity contribution in [1.29, 1.82) is 0 Å². The van der Waals surface area contributed by atoms with E-state index in [1.807, 2.05) is 6.07 Å². The van der Waals surface area contributed by atoms with Crippen LogP contribution in [0.2, 0.25) is 0 Å². The summed E-state index contributed by atoms with van der Waals surface area (Å²) in [7, 11) is 0. The zero-order valence-corrected chi connectivity index (χ0v) is 17.6. The number of hydrogen-bond acceptors (Lipinski definition) is 7. The Balaban J connectivity index is 1.44. The first-order valence-electron chi connectivity index (χ1n) is 9.52. The van der Waals surface area contributed by atoms with Crippen molar-refractivity contribution in [2.45, 2.75) is 32.7 Å². The first kappa shape index (κ1) is 20.8. The lowest BCUT2D eigenvalue weighted by Gasteiger charge is -2.30. The highest BCUT2D eigenvalue weighted by Gasteiger charge is 2.35. The Hall–Kier alpha value is -3.46. The summed E-state index contributed by atoms with van der Waals surface area (Å²) in [6, 6.07) is 13.0. The number of nitrogens with zero attached hydrogens (tertiary/aromatic N) is 2. The molecule has 1 amide bonds. The molecule has 0 aliphatic carbocycles. The summed E-state index contributed by atoms with van der Waals surface area (Å²) >= 11 is 1.15. The molecule has 7 nitrogen and oxygen atoms in total. The number of para-hydroxylation sites is 3. The highest BCUT2D eigenvalue weighted by atomic mass is 32.1. The number of benzene rings is 2. The average molecular weight is 442 g/mol. The predicted octanol–water partition coefficient (Wildman–Crippen LogP) is 4.24. The van der Waals surface area contributed by atoms with Gasteiger partial charge in [0.05, 0.1) is 11.4 Å². The number of amides is 1. The van der Waals surface area contributed by atoms with E-state index in [1.54, 1.807) is 42.6 Å². The van der Waals surface area contributed by atoms with Gasteiger partial charge in [0.2, 0.25) is 12.0 Å². The third-order valence-electron chi connectivity index (χ3n) is 4.58. The van der Waals surface area contributed by atoms with Crippen LogP contribution in [0, 0.1) is 5.82 Å². The minimum absolute atomic E-state index is 0.105. The van der Waals surface area contributed by atoms with Crippen LogP contribution in [0.15, 0.2) is 53.9 Å². The summed E-state index contributed by atoms with van der Waals surface area (Å²) in [5.74, 6) is -0.469. The molecule has 0 saturated heterocycles. The van der Waals surface area contributed by atoms with Crippen LogP contribution in [0.3, 0.4) is 0 Å². The quantitative estimate of drug-likeness (QED) is 0.550. The Kier molecular flexibility index (Phi) is 5.85. The smallest absolute Gasteiger partial charge is 0.351 e. The first-order chi connectivity index (χ1) is 14.9. The highest BCUT2D eigenvalue weighted by molar-refractivity contribution is 7.14. The Morgan fingerprint density at radius 1 is 1.13 bits per heavy atom. The minimum atomic E-state index is -0.917. The first-order valence-corrected chi connectivity index (χ1v) is 10.4. The molecular weight excluding hydrogens is 423 g/mol. The second kappa shape index (κ2) is 8.73. The third kappa shape index (κ3) is 4.36. The SMILES string of the molecule is CC(=O)N(c1nc(COC(=O)[C@@H]2Oc3ccccc3O[C@H]2C)cs1)c1ccccc1F. The maximum absolute atomic E-state index is 14.2. The number of carbonyl (C=O) groups is 2. The van der Waals surface area contributed by atoms with E-state index in [2.05, 4.69) is 4.98 Å². The molecule has 3 aromatic rings. The van der Waals surface area contributed by atoms with Crippen molar-refractivity contribution in [3.05, 3.63) is 65.4 Å². The molecule has 0 spiro atoms. The van der Waals surface area contributed by atoms with Gasteiger partial charge in [-0.2, -0.15) is 0 Å². The lowest BCUT2D eigenvalue weighted by Crippen LogP contribution is -2.44. The van der Waals surface area contributed by atoms with Crippen molar-refractivity contribution in [1.82, 2.24) is 4.98 Å². The molecule has 0 radical (unpaired) electrons. The summed E-state index contributed by atoms with van der Waals surface area (Å²) in [5, 5.41) is 1.93. The van der Waals surface area contributed by atoms with Gasteiger partial charge in [0.25, 0.3) is 0 Å². The van der Waals surface area contributed by atoms with E-state index in [1.165, 1.54) is 24.0 Å². The van der Waals surface area contributed by atoms with Gasteiger partial charge in [0.1, 0.15) is 18.5 Å². The monoisotopic (exact) mass is 442 g/mol. The fourth-order valence-corrected chi connectivity index (χ4v) is 3.98. The van der Waals surface area contributed by atoms with Crippen LogP contribution in [0.25, 0.3) is 0 Å². The number of fused-ring (bicyclic) bond motifs is 1. The predicted molar refractivity (Wildman–Crippen MR) is 112 cm³/mol. The Morgan fingerprint density at radius 2 is 1.81 bits per heavy atom. The van der Waals surface area contributed by atoms with Gasteiger partial charge < -0.3 is 14.2 Å². The molecule has 1 aliphatic heterocycles. The number of rotatable bonds is 5. The molecule has 31 heavy (non-hydrogen) atoms. The van der Waals surface area contributed by atoms with Gasteiger partial charge in [-0.05, 0) is 31.2 Å². The Morgan fingerprint density at radius 3 is 2.52 bits per heavy atom. The van der Waals surface area contributed by atoms with Crippen LogP contribution in [0.4, 0.5) is 15.2 Å². The number of hydrogen-bond donors (Lipinski definition) is 0. The van der Waals surface area contributed by atoms with Crippen LogP contribution < -0.4 is 14.4 Å². The summed E-state index contributed by atoms with van der Waals surface area (Å²) in [5.41, 5.74) is 0.536. The van der Waals surface area contributed by atoms with E-state index in [0.717, 1.165) is 11.3 Å². The molecule has 1 aromatic heterocycles. The molecule has 0 N–H and O–H groups in total. The Bertz CT molecular complexity index is 1120. The number of ether oxygens (including phenoxy) is 3. The number of aromatic nitrogens is 1. The Labute approximate surface area is 182 Å². The van der Waals surface area contributed by atoms with Crippen molar-refractivity contribution in [3.8, 4) is 11.5 Å². The molecule has 9 heteroatoms. The largest absolute Gasteiger partial charge is 0.482 e. The van der Waals surface area contributed by atoms with Gasteiger partial charge in [-0.3, -0.25) is 9.69 Å². The lowest BCUT2D eigenvalue weighted by molar-refractivity contribution is -0.159. The molecular formula is C22H19FN2O5S. The summed E-state index contributed by atoms with van der Waals surface area (Å²) in [6.07, 6.45) is -1.44. The van der Waals surface area contributed by atoms with Gasteiger partial charge in [-0.1, -0.05) is 24.3 Å². The van der Waals surface area contributed by atoms with Crippen LogP contribution in [-0.4, -0.2) is 29.1 Å². The molecule has 0 fully saturated rings. The average Bonchev–Trinajstić information content (AvgIpc) is 3.21. The van der Waals surface area contributed by atoms with Gasteiger partial charge in [0, 0.05) is 12.3 Å². The van der Waals surface area contributed by atoms with Crippen LogP contribution in [-0.2, 0) is 20.9 Å². The standard InChI is InChI=1S/C22H19FN2O5S/c1-13-20(30-19-10-6-5-9-18(19)29-13)21(27)28-11-15-12-31-22(24-15)25(14(2)26)17-8-4-3-7-16(17)23/h3-10,12-13,20H,11H2,1-2H3/t13-,20+/m0/s1. The number of carbonyl (C=O) groups excluding carboxylic acids is 2. The van der Waals surface area contributed by atoms with Gasteiger partial charge in [-0.25, -0.2) is 14.2 Å². The third-order valence-corrected chi connectivity index (χ3v) is 5.45. The van der Waals surface area contributed by atoms with Gasteiger partial charge >= 0.3 is 5.97 Å². The van der Waals surface area contributed by atoms with E-state index >= 15 is 0 Å². The van der Waals surface area contributed by atoms with Gasteiger partial charge in [0.15, 0.2) is 16.6 Å². The van der Waals surface area contributed by atoms with Crippen molar-refractivity contribution in [2.24, 2.45) is 0 Å². The van der Waals surface area contributed by atoms with Crippen LogP contribution in [0.5, 0.6) is 11.5 Å². The van der Waals surface area contributed by atoms with Crippen LogP contribution >= 0.6 is 11.3 Å². The molecule has 1 aliphatic rings. The molecule has 2 atom stereocenters. The van der Waals surface area contributed by atoms with Crippen molar-refractivity contribution < 1.29 is 28.2 Å². The highest BCUT2D eigenvalue weighted by Crippen LogP contribution is 2.34. The van der Waals surface area contributed by atoms with Crippen molar-refractivity contribution in [3.63, 3.8) is 0 Å². The second-order valence-corrected chi connectivity index (χ2v) is 7.68. The second-order valence-electron chi connectivity index (χ2n) is 6.84.